The lowest BCUT2D eigenvalue weighted by Crippen LogP contribution is -2.36. The molecule has 4 aromatic rings. The van der Waals surface area contributed by atoms with Crippen LogP contribution in [-0.2, 0) is 6.18 Å². The van der Waals surface area contributed by atoms with E-state index in [0.29, 0.717) is 10.8 Å². The van der Waals surface area contributed by atoms with Crippen LogP contribution in [0, 0.1) is 0 Å². The Hall–Kier alpha value is -3.79. The van der Waals surface area contributed by atoms with Crippen LogP contribution in [0.5, 0.6) is 11.6 Å². The van der Waals surface area contributed by atoms with Gasteiger partial charge in [-0.05, 0) is 68.0 Å². The number of halogens is 3. The van der Waals surface area contributed by atoms with Gasteiger partial charge in [-0.2, -0.15) is 13.2 Å². The number of amides is 1. The number of pyridine rings is 2. The average molecular weight is 525 g/mol. The van der Waals surface area contributed by atoms with Gasteiger partial charge in [0, 0.05) is 24.5 Å². The van der Waals surface area contributed by atoms with Gasteiger partial charge < -0.3 is 10.1 Å². The van der Waals surface area contributed by atoms with Crippen molar-refractivity contribution >= 4 is 33.0 Å². The zero-order chi connectivity index (χ0) is 26.0. The lowest BCUT2D eigenvalue weighted by Gasteiger charge is -2.26. The van der Waals surface area contributed by atoms with Crippen molar-refractivity contribution in [2.75, 3.05) is 0 Å². The molecule has 1 saturated carbocycles. The van der Waals surface area contributed by atoms with Crippen LogP contribution in [0.1, 0.15) is 53.5 Å². The van der Waals surface area contributed by atoms with Crippen molar-refractivity contribution in [1.82, 2.24) is 20.3 Å². The van der Waals surface area contributed by atoms with Gasteiger partial charge in [-0.3, -0.25) is 9.78 Å². The Labute approximate surface area is 215 Å². The minimum Gasteiger partial charge on any atom is -0.439 e. The Balaban J connectivity index is 1.21. The summed E-state index contributed by atoms with van der Waals surface area (Å²) in [4.78, 5) is 24.9. The number of aromatic nitrogens is 3. The summed E-state index contributed by atoms with van der Waals surface area (Å²) in [6.07, 6.45) is 3.03. The number of carbonyl (C=O) groups is 1. The highest BCUT2D eigenvalue weighted by molar-refractivity contribution is 7.20. The number of allylic oxidation sites excluding steroid dienone is 2. The summed E-state index contributed by atoms with van der Waals surface area (Å²) >= 11 is 1.36. The number of fused-ring (bicyclic) bond motifs is 1. The summed E-state index contributed by atoms with van der Waals surface area (Å²) in [5.41, 5.74) is 3.32. The molecule has 0 spiro atoms. The summed E-state index contributed by atoms with van der Waals surface area (Å²) in [6.45, 7) is 2.05. The van der Waals surface area contributed by atoms with E-state index in [9.17, 15) is 18.0 Å². The fourth-order valence-corrected chi connectivity index (χ4v) is 5.17. The molecular formula is C27H23F3N4O2S. The maximum atomic E-state index is 12.8. The number of thiazole rings is 1. The lowest BCUT2D eigenvalue weighted by molar-refractivity contribution is -0.137. The topological polar surface area (TPSA) is 77.0 Å². The zero-order valence-electron chi connectivity index (χ0n) is 19.9. The third-order valence-electron chi connectivity index (χ3n) is 6.39. The highest BCUT2D eigenvalue weighted by Crippen LogP contribution is 2.34. The number of benzene rings is 1. The molecular weight excluding hydrogens is 501 g/mol. The fraction of sp³-hybridized carbons (Fsp3) is 0.259. The number of nitrogens with zero attached hydrogens (tertiary/aromatic N) is 3. The molecule has 0 saturated heterocycles. The van der Waals surface area contributed by atoms with Gasteiger partial charge in [-0.15, -0.1) is 11.3 Å². The molecule has 6 nitrogen and oxygen atoms in total. The van der Waals surface area contributed by atoms with Crippen LogP contribution in [0.25, 0.3) is 15.8 Å². The second kappa shape index (κ2) is 10.3. The first kappa shape index (κ1) is 24.9. The van der Waals surface area contributed by atoms with Gasteiger partial charge in [0.15, 0.2) is 5.01 Å². The maximum Gasteiger partial charge on any atom is 0.417 e. The lowest BCUT2D eigenvalue weighted by atomic mass is 9.86. The van der Waals surface area contributed by atoms with Crippen LogP contribution in [0.2, 0.25) is 0 Å². The van der Waals surface area contributed by atoms with Crippen molar-refractivity contribution in [3.8, 4) is 11.6 Å². The van der Waals surface area contributed by atoms with Crippen LogP contribution in [-0.4, -0.2) is 26.9 Å². The number of carbonyl (C=O) groups excluding carboxylic acids is 1. The van der Waals surface area contributed by atoms with Crippen molar-refractivity contribution in [2.45, 2.75) is 44.8 Å². The molecule has 3 heterocycles. The van der Waals surface area contributed by atoms with Crippen LogP contribution in [0.3, 0.4) is 0 Å². The second-order valence-corrected chi connectivity index (χ2v) is 9.88. The van der Waals surface area contributed by atoms with Gasteiger partial charge in [-0.1, -0.05) is 17.7 Å². The smallest absolute Gasteiger partial charge is 0.417 e. The van der Waals surface area contributed by atoms with Crippen LogP contribution in [0.15, 0.2) is 66.6 Å². The molecule has 3 aromatic heterocycles. The maximum absolute atomic E-state index is 12.8. The van der Waals surface area contributed by atoms with E-state index in [1.165, 1.54) is 23.0 Å². The van der Waals surface area contributed by atoms with E-state index >= 15 is 0 Å². The highest BCUT2D eigenvalue weighted by atomic mass is 32.1. The quantitative estimate of drug-likeness (QED) is 0.303. The normalized spacial score (nSPS) is 16.0. The summed E-state index contributed by atoms with van der Waals surface area (Å²) in [5.74, 6) is 0.435. The molecule has 1 aliphatic carbocycles. The number of hydrogen-bond donors (Lipinski definition) is 1. The van der Waals surface area contributed by atoms with E-state index in [2.05, 4.69) is 27.2 Å². The van der Waals surface area contributed by atoms with Gasteiger partial charge in [0.25, 0.3) is 5.91 Å². The van der Waals surface area contributed by atoms with Crippen LogP contribution >= 0.6 is 11.3 Å². The Morgan fingerprint density at radius 2 is 1.92 bits per heavy atom. The molecule has 5 rings (SSSR count). The molecule has 1 fully saturated rings. The minimum absolute atomic E-state index is 0.0783. The summed E-state index contributed by atoms with van der Waals surface area (Å²) < 4.78 is 44.9. The summed E-state index contributed by atoms with van der Waals surface area (Å²) in [5, 5.41) is 3.56. The Kier molecular flexibility index (Phi) is 6.92. The predicted molar refractivity (Wildman–Crippen MR) is 135 cm³/mol. The third kappa shape index (κ3) is 5.80. The molecule has 0 aliphatic heterocycles. The SMILES string of the molecule is CC(=C1CCC(NC(=O)c2nc3cnccc3s2)CC1)c1cccc(Oc2ccc(C(F)(F)F)cn2)c1. The molecule has 190 valence electrons. The van der Waals surface area contributed by atoms with Gasteiger partial charge in [-0.25, -0.2) is 9.97 Å². The van der Waals surface area contributed by atoms with E-state index in [0.717, 1.165) is 59.3 Å². The summed E-state index contributed by atoms with van der Waals surface area (Å²) in [7, 11) is 0. The van der Waals surface area contributed by atoms with Gasteiger partial charge in [0.2, 0.25) is 5.88 Å². The first-order valence-electron chi connectivity index (χ1n) is 11.8. The number of hydrogen-bond acceptors (Lipinski definition) is 6. The number of alkyl halides is 3. The fourth-order valence-electron chi connectivity index (χ4n) is 4.34. The standard InChI is InChI=1S/C27H23F3N4O2S/c1-16(18-3-2-4-21(13-18)36-24-10-7-19(14-32-24)27(28,29)30)17-5-8-20(9-6-17)33-25(35)26-34-22-15-31-12-11-23(22)37-26/h2-4,7,10-15,20H,5-6,8-9H2,1H3,(H,33,35). The van der Waals surface area contributed by atoms with Gasteiger partial charge in [0.1, 0.15) is 11.3 Å². The number of rotatable bonds is 5. The van der Waals surface area contributed by atoms with E-state index in [4.69, 9.17) is 4.74 Å². The van der Waals surface area contributed by atoms with Crippen molar-refractivity contribution in [2.24, 2.45) is 0 Å². The number of ether oxygens (including phenoxy) is 1. The zero-order valence-corrected chi connectivity index (χ0v) is 20.7. The Bertz CT molecular complexity index is 1420. The molecule has 1 aliphatic rings. The molecule has 10 heteroatoms. The first-order valence-corrected chi connectivity index (χ1v) is 12.6. The van der Waals surface area contributed by atoms with E-state index in [1.54, 1.807) is 18.5 Å². The predicted octanol–water partition coefficient (Wildman–Crippen LogP) is 7.04. The average Bonchev–Trinajstić information content (AvgIpc) is 3.33. The molecule has 37 heavy (non-hydrogen) atoms. The van der Waals surface area contributed by atoms with Crippen LogP contribution in [0.4, 0.5) is 13.2 Å². The van der Waals surface area contributed by atoms with E-state index in [-0.39, 0.29) is 17.8 Å². The first-order chi connectivity index (χ1) is 17.8. The van der Waals surface area contributed by atoms with Crippen molar-refractivity contribution in [3.05, 3.63) is 82.8 Å². The minimum atomic E-state index is -4.44. The Morgan fingerprint density at radius 3 is 2.62 bits per heavy atom. The highest BCUT2D eigenvalue weighted by Gasteiger charge is 2.30. The van der Waals surface area contributed by atoms with E-state index < -0.39 is 11.7 Å². The largest absolute Gasteiger partial charge is 0.439 e. The Morgan fingerprint density at radius 1 is 1.11 bits per heavy atom. The van der Waals surface area contributed by atoms with E-state index in [1.807, 2.05) is 24.3 Å². The molecule has 0 unspecified atom stereocenters. The van der Waals surface area contributed by atoms with Crippen molar-refractivity contribution in [1.29, 1.82) is 0 Å². The molecule has 1 aromatic carbocycles. The molecule has 1 N–H and O–H groups in total. The van der Waals surface area contributed by atoms with Gasteiger partial charge >= 0.3 is 6.18 Å². The molecule has 0 radical (unpaired) electrons. The van der Waals surface area contributed by atoms with Crippen molar-refractivity contribution < 1.29 is 22.7 Å². The molecule has 1 amide bonds. The second-order valence-electron chi connectivity index (χ2n) is 8.85. The number of nitrogens with one attached hydrogen (secondary N) is 1. The van der Waals surface area contributed by atoms with Crippen LogP contribution < -0.4 is 10.1 Å². The van der Waals surface area contributed by atoms with Gasteiger partial charge in [0.05, 0.1) is 16.5 Å². The summed E-state index contributed by atoms with van der Waals surface area (Å²) in [6, 6.07) is 11.5. The molecule has 0 bridgehead atoms. The molecule has 0 atom stereocenters. The monoisotopic (exact) mass is 524 g/mol. The third-order valence-corrected chi connectivity index (χ3v) is 7.43. The van der Waals surface area contributed by atoms with Crippen molar-refractivity contribution in [3.63, 3.8) is 0 Å².